The Bertz CT molecular complexity index is 1530. The van der Waals surface area contributed by atoms with Gasteiger partial charge in [0.1, 0.15) is 0 Å². The first-order chi connectivity index (χ1) is 18.9. The Morgan fingerprint density at radius 2 is 0.439 bits per heavy atom. The SMILES string of the molecule is [CH3][Sn]([C]#Cc1c(F)c(F)c(F)c(F)c1F)([C]#Cc1c(F)c(F)c(F)c(F)c1F)[C]#Cc1c(F)c(F)c(F)c(F)c1F. The van der Waals surface area contributed by atoms with Crippen LogP contribution in [-0.4, -0.2) is 18.4 Å². The van der Waals surface area contributed by atoms with Crippen molar-refractivity contribution in [2.45, 2.75) is 4.94 Å². The molecule has 0 aliphatic carbocycles. The fourth-order valence-electron chi connectivity index (χ4n) is 2.80. The molecule has 0 amide bonds. The summed E-state index contributed by atoms with van der Waals surface area (Å²) in [6, 6.07) is 0. The molecule has 0 heterocycles. The molecule has 0 N–H and O–H groups in total. The Morgan fingerprint density at radius 1 is 0.293 bits per heavy atom. The number of halogens is 15. The maximum atomic E-state index is 14.0. The summed E-state index contributed by atoms with van der Waals surface area (Å²) in [5, 5.41) is 0. The molecule has 0 radical (unpaired) electrons. The maximum absolute atomic E-state index is 14.0. The van der Waals surface area contributed by atoms with Crippen LogP contribution in [0.2, 0.25) is 4.94 Å². The van der Waals surface area contributed by atoms with Crippen LogP contribution in [0.5, 0.6) is 0 Å². The van der Waals surface area contributed by atoms with Crippen molar-refractivity contribution in [1.82, 2.24) is 0 Å². The summed E-state index contributed by atoms with van der Waals surface area (Å²) in [6.45, 7) is 0. The van der Waals surface area contributed by atoms with Crippen molar-refractivity contribution >= 4 is 18.4 Å². The van der Waals surface area contributed by atoms with Gasteiger partial charge in [-0.05, 0) is 0 Å². The molecule has 3 aromatic carbocycles. The van der Waals surface area contributed by atoms with Gasteiger partial charge >= 0.3 is 223 Å². The van der Waals surface area contributed by atoms with Crippen LogP contribution < -0.4 is 0 Å². The van der Waals surface area contributed by atoms with E-state index in [2.05, 4.69) is 0 Å². The molecule has 3 aromatic rings. The molecule has 212 valence electrons. The molecule has 0 unspecified atom stereocenters. The van der Waals surface area contributed by atoms with Crippen molar-refractivity contribution in [3.8, 4) is 29.6 Å². The number of rotatable bonds is 0. The molecular weight excluding hydrogens is 704 g/mol. The van der Waals surface area contributed by atoms with Gasteiger partial charge in [-0.3, -0.25) is 0 Å². The summed E-state index contributed by atoms with van der Waals surface area (Å²) in [7, 11) is 0. The van der Waals surface area contributed by atoms with E-state index in [1.54, 1.807) is 0 Å². The van der Waals surface area contributed by atoms with Gasteiger partial charge in [0.2, 0.25) is 0 Å². The Hall–Kier alpha value is -3.91. The fourth-order valence-corrected chi connectivity index (χ4v) is 6.55. The monoisotopic (exact) mass is 708 g/mol. The van der Waals surface area contributed by atoms with E-state index in [-0.39, 0.29) is 0 Å². The van der Waals surface area contributed by atoms with E-state index in [4.69, 9.17) is 0 Å². The molecule has 0 atom stereocenters. The molecule has 0 aliphatic heterocycles. The second kappa shape index (κ2) is 11.5. The summed E-state index contributed by atoms with van der Waals surface area (Å²) in [5.41, 5.74) is -5.42. The molecule has 0 nitrogen and oxygen atoms in total. The topological polar surface area (TPSA) is 0 Å². The van der Waals surface area contributed by atoms with Crippen molar-refractivity contribution in [2.75, 3.05) is 0 Å². The number of hydrogen-bond donors (Lipinski definition) is 0. The Labute approximate surface area is 222 Å². The van der Waals surface area contributed by atoms with Gasteiger partial charge in [0.05, 0.1) is 0 Å². The minimum absolute atomic E-state index is 0.770. The molecule has 0 aromatic heterocycles. The first-order valence-electron chi connectivity index (χ1n) is 10.1. The second-order valence-corrected chi connectivity index (χ2v) is 16.3. The van der Waals surface area contributed by atoms with E-state index >= 15 is 0 Å². The molecule has 0 aliphatic rings. The van der Waals surface area contributed by atoms with Gasteiger partial charge in [0, 0.05) is 0 Å². The van der Waals surface area contributed by atoms with E-state index in [0.29, 0.717) is 0 Å². The molecule has 3 rings (SSSR count). The number of hydrogen-bond acceptors (Lipinski definition) is 0. The van der Waals surface area contributed by atoms with Gasteiger partial charge in [-0.2, -0.15) is 0 Å². The van der Waals surface area contributed by atoms with Crippen molar-refractivity contribution in [3.63, 3.8) is 0 Å². The van der Waals surface area contributed by atoms with Gasteiger partial charge < -0.3 is 0 Å². The van der Waals surface area contributed by atoms with Crippen LogP contribution in [0.25, 0.3) is 0 Å². The summed E-state index contributed by atoms with van der Waals surface area (Å²) < 4.78 is 211. The minimum atomic E-state index is -5.63. The third kappa shape index (κ3) is 5.66. The van der Waals surface area contributed by atoms with Crippen LogP contribution in [0.1, 0.15) is 16.7 Å². The van der Waals surface area contributed by atoms with E-state index in [0.717, 1.165) is 4.94 Å². The van der Waals surface area contributed by atoms with Gasteiger partial charge in [-0.15, -0.1) is 0 Å². The summed E-state index contributed by atoms with van der Waals surface area (Å²) in [4.78, 5) is 0.770. The molecule has 16 heteroatoms. The first-order valence-corrected chi connectivity index (χ1v) is 17.2. The molecule has 41 heavy (non-hydrogen) atoms. The molecule has 0 bridgehead atoms. The van der Waals surface area contributed by atoms with Crippen LogP contribution in [0.15, 0.2) is 0 Å². The first kappa shape index (κ1) is 31.6. The predicted molar refractivity (Wildman–Crippen MR) is 111 cm³/mol. The van der Waals surface area contributed by atoms with Gasteiger partial charge in [-0.1, -0.05) is 0 Å². The standard InChI is InChI=1S/3C8F5.CH3.Sn/c3*1-2-3-4(9)6(11)8(13)7(12)5(3)10;;/h;;;1H3;. The van der Waals surface area contributed by atoms with Crippen LogP contribution in [0, 0.1) is 117 Å². The summed E-state index contributed by atoms with van der Waals surface area (Å²) in [5.74, 6) is -33.0. The molecule has 0 spiro atoms. The van der Waals surface area contributed by atoms with Crippen molar-refractivity contribution in [1.29, 1.82) is 0 Å². The molecule has 0 saturated heterocycles. The third-order valence-electron chi connectivity index (χ3n) is 4.94. The Morgan fingerprint density at radius 3 is 0.610 bits per heavy atom. The van der Waals surface area contributed by atoms with Crippen LogP contribution in [-0.2, 0) is 0 Å². The molecular formula is C25H3F15Sn. The van der Waals surface area contributed by atoms with Gasteiger partial charge in [0.15, 0.2) is 0 Å². The second-order valence-electron chi connectivity index (χ2n) is 7.71. The summed E-state index contributed by atoms with van der Waals surface area (Å²) >= 11 is -5.63. The fraction of sp³-hybridized carbons (Fsp3) is 0.0400. The molecule has 0 fully saturated rings. The Balaban J connectivity index is 2.36. The van der Waals surface area contributed by atoms with Crippen LogP contribution in [0.4, 0.5) is 65.9 Å². The van der Waals surface area contributed by atoms with E-state index in [1.807, 2.05) is 11.8 Å². The van der Waals surface area contributed by atoms with Gasteiger partial charge in [-0.25, -0.2) is 0 Å². The van der Waals surface area contributed by atoms with E-state index in [9.17, 15) is 65.9 Å². The average Bonchev–Trinajstić information content (AvgIpc) is 2.94. The quantitative estimate of drug-likeness (QED) is 0.0783. The van der Waals surface area contributed by atoms with Crippen molar-refractivity contribution in [2.24, 2.45) is 0 Å². The van der Waals surface area contributed by atoms with Crippen LogP contribution in [0.3, 0.4) is 0 Å². The third-order valence-corrected chi connectivity index (χ3v) is 10.3. The predicted octanol–water partition coefficient (Wildman–Crippen LogP) is 6.92. The van der Waals surface area contributed by atoms with E-state index < -0.39 is 122 Å². The Kier molecular flexibility index (Phi) is 8.89. The normalized spacial score (nSPS) is 10.8. The average molecular weight is 707 g/mol. The summed E-state index contributed by atoms with van der Waals surface area (Å²) in [6.07, 6.45) is 0. The zero-order valence-electron chi connectivity index (χ0n) is 19.2. The molecule has 0 saturated carbocycles. The van der Waals surface area contributed by atoms with Crippen molar-refractivity contribution < 1.29 is 65.9 Å². The van der Waals surface area contributed by atoms with E-state index in [1.165, 1.54) is 17.8 Å². The van der Waals surface area contributed by atoms with Crippen molar-refractivity contribution in [3.05, 3.63) is 104 Å². The van der Waals surface area contributed by atoms with Gasteiger partial charge in [0.25, 0.3) is 0 Å². The zero-order chi connectivity index (χ0) is 31.1. The zero-order valence-corrected chi connectivity index (χ0v) is 22.0. The van der Waals surface area contributed by atoms with Crippen LogP contribution >= 0.6 is 0 Å². The number of benzene rings is 3.